The van der Waals surface area contributed by atoms with E-state index in [0.717, 1.165) is 47.9 Å². The second-order valence-corrected chi connectivity index (χ2v) is 15.3. The maximum absolute atomic E-state index is 11.5. The number of halogens is 2. The van der Waals surface area contributed by atoms with Crippen molar-refractivity contribution in [2.75, 3.05) is 0 Å². The van der Waals surface area contributed by atoms with E-state index in [1.807, 2.05) is 0 Å². The molecule has 2 fully saturated rings. The van der Waals surface area contributed by atoms with Gasteiger partial charge in [0.2, 0.25) is 0 Å². The molecule has 0 unspecified atom stereocenters. The molecule has 35 heavy (non-hydrogen) atoms. The van der Waals surface area contributed by atoms with Crippen molar-refractivity contribution in [1.29, 1.82) is 0 Å². The van der Waals surface area contributed by atoms with Gasteiger partial charge >= 0.3 is 37.9 Å². The Kier molecular flexibility index (Phi) is 10.3. The van der Waals surface area contributed by atoms with E-state index in [2.05, 4.69) is 58.9 Å². The molecule has 4 rings (SSSR count). The quantitative estimate of drug-likeness (QED) is 0.369. The van der Waals surface area contributed by atoms with Gasteiger partial charge in [-0.3, -0.25) is 0 Å². The Balaban J connectivity index is 0.00000108. The van der Waals surface area contributed by atoms with Crippen molar-refractivity contribution in [3.05, 3.63) is 57.6 Å². The van der Waals surface area contributed by atoms with Gasteiger partial charge in [-0.25, -0.2) is 0 Å². The van der Waals surface area contributed by atoms with Crippen LogP contribution in [0.5, 0.6) is 11.5 Å². The van der Waals surface area contributed by atoms with Gasteiger partial charge in [0.25, 0.3) is 0 Å². The number of phenols is 2. The number of phenolic OH excluding ortho intramolecular Hbond substituents is 2. The third-order valence-electron chi connectivity index (χ3n) is 8.72. The standard InChI is InChI=1S/C30H42O2.2ClH.Zr/c1-20-16-23(27(31)25(18-20)29(4)12-8-6-9-13-29)22(3)24-17-21(2)19-26(28(24)32)30(5)14-10-7-11-15-30;;;/h16-19,22,31-32H,6-15H2,1-5H3;2*1H;/q;;;+2/p-2. The molecule has 0 radical (unpaired) electrons. The summed E-state index contributed by atoms with van der Waals surface area (Å²) in [5.74, 6) is 0.823. The van der Waals surface area contributed by atoms with E-state index in [0.29, 0.717) is 11.5 Å². The molecule has 2 nitrogen and oxygen atoms in total. The van der Waals surface area contributed by atoms with Crippen LogP contribution in [0.15, 0.2) is 24.3 Å². The first-order valence-electron chi connectivity index (χ1n) is 13.2. The van der Waals surface area contributed by atoms with Crippen molar-refractivity contribution in [1.82, 2.24) is 0 Å². The summed E-state index contributed by atoms with van der Waals surface area (Å²) < 4.78 is 0. The number of aromatic hydroxyl groups is 2. The van der Waals surface area contributed by atoms with Gasteiger partial charge in [0.05, 0.1) is 0 Å². The van der Waals surface area contributed by atoms with Gasteiger partial charge in [-0.2, -0.15) is 0 Å². The minimum atomic E-state index is -0.826. The summed E-state index contributed by atoms with van der Waals surface area (Å²) in [6.07, 6.45) is 12.1. The van der Waals surface area contributed by atoms with Crippen LogP contribution in [0.2, 0.25) is 0 Å². The van der Waals surface area contributed by atoms with Crippen LogP contribution in [0.3, 0.4) is 0 Å². The Labute approximate surface area is 231 Å². The molecule has 2 N–H and O–H groups in total. The van der Waals surface area contributed by atoms with Crippen LogP contribution in [-0.4, -0.2) is 10.2 Å². The molecule has 192 valence electrons. The SMILES string of the molecule is Cc1cc(C(C)c2cc(C)cc(C3(C)CCCCC3)c2O)c(O)c(C2(C)CCCCC2)c1.[Cl][Zr][Cl]. The van der Waals surface area contributed by atoms with E-state index in [4.69, 9.17) is 17.0 Å². The average Bonchev–Trinajstić information content (AvgIpc) is 2.82. The van der Waals surface area contributed by atoms with E-state index in [1.54, 1.807) is 0 Å². The van der Waals surface area contributed by atoms with Crippen LogP contribution in [0.25, 0.3) is 0 Å². The van der Waals surface area contributed by atoms with E-state index >= 15 is 0 Å². The maximum atomic E-state index is 11.5. The number of rotatable bonds is 4. The first-order chi connectivity index (χ1) is 16.6. The molecular weight excluding hydrogens is 554 g/mol. The molecule has 0 atom stereocenters. The third-order valence-corrected chi connectivity index (χ3v) is 8.72. The molecule has 0 amide bonds. The Morgan fingerprint density at radius 2 is 1.00 bits per heavy atom. The molecule has 2 saturated carbocycles. The molecule has 2 aliphatic carbocycles. The Hall–Kier alpha value is -0.497. The molecular formula is C30H42Cl2O2Zr. The summed E-state index contributed by atoms with van der Waals surface area (Å²) in [7, 11) is 9.87. The summed E-state index contributed by atoms with van der Waals surface area (Å²) in [4.78, 5) is 0. The van der Waals surface area contributed by atoms with Crippen molar-refractivity contribution in [2.24, 2.45) is 0 Å². The zero-order chi connectivity index (χ0) is 25.8. The fraction of sp³-hybridized carbons (Fsp3) is 0.600. The van der Waals surface area contributed by atoms with E-state index in [9.17, 15) is 10.2 Å². The van der Waals surface area contributed by atoms with Gasteiger partial charge in [0.1, 0.15) is 11.5 Å². The Morgan fingerprint density at radius 1 is 0.686 bits per heavy atom. The van der Waals surface area contributed by atoms with Crippen molar-refractivity contribution in [3.63, 3.8) is 0 Å². The molecule has 0 heterocycles. The average molecular weight is 597 g/mol. The summed E-state index contributed by atoms with van der Waals surface area (Å²) >= 11 is -0.826. The van der Waals surface area contributed by atoms with Gasteiger partial charge in [0.15, 0.2) is 0 Å². The zero-order valence-electron chi connectivity index (χ0n) is 22.1. The molecule has 2 aromatic carbocycles. The van der Waals surface area contributed by atoms with Gasteiger partial charge in [-0.05, 0) is 50.4 Å². The third kappa shape index (κ3) is 6.50. The van der Waals surface area contributed by atoms with Crippen molar-refractivity contribution < 1.29 is 31.1 Å². The minimum absolute atomic E-state index is 0.0399. The van der Waals surface area contributed by atoms with Crippen LogP contribution in [0.4, 0.5) is 0 Å². The summed E-state index contributed by atoms with van der Waals surface area (Å²) in [6, 6.07) is 8.64. The molecule has 2 aliphatic rings. The fourth-order valence-electron chi connectivity index (χ4n) is 6.56. The van der Waals surface area contributed by atoms with Gasteiger partial charge < -0.3 is 10.2 Å². The van der Waals surface area contributed by atoms with Crippen molar-refractivity contribution in [2.45, 2.75) is 116 Å². The van der Waals surface area contributed by atoms with Gasteiger partial charge in [-0.15, -0.1) is 0 Å². The summed E-state index contributed by atoms with van der Waals surface area (Å²) in [5.41, 5.74) is 6.57. The van der Waals surface area contributed by atoms with E-state index in [1.165, 1.54) is 49.7 Å². The number of aryl methyl sites for hydroxylation is 2. The monoisotopic (exact) mass is 594 g/mol. The Morgan fingerprint density at radius 3 is 1.31 bits per heavy atom. The predicted octanol–water partition coefficient (Wildman–Crippen LogP) is 9.69. The zero-order valence-corrected chi connectivity index (χ0v) is 26.1. The summed E-state index contributed by atoms with van der Waals surface area (Å²) in [6.45, 7) is 11.1. The molecule has 0 spiro atoms. The van der Waals surface area contributed by atoms with Crippen LogP contribution in [0, 0.1) is 13.8 Å². The van der Waals surface area contributed by atoms with Crippen molar-refractivity contribution >= 4 is 17.0 Å². The van der Waals surface area contributed by atoms with Crippen LogP contribution >= 0.6 is 17.0 Å². The molecule has 0 bridgehead atoms. The van der Waals surface area contributed by atoms with Crippen LogP contribution in [-0.2, 0) is 31.7 Å². The van der Waals surface area contributed by atoms with Gasteiger partial charge in [-0.1, -0.05) is 94.7 Å². The van der Waals surface area contributed by atoms with Crippen molar-refractivity contribution in [3.8, 4) is 11.5 Å². The second kappa shape index (κ2) is 12.4. The number of hydrogen-bond donors (Lipinski definition) is 2. The topological polar surface area (TPSA) is 40.5 Å². The number of hydrogen-bond acceptors (Lipinski definition) is 2. The molecule has 0 aliphatic heterocycles. The molecule has 5 heteroatoms. The van der Waals surface area contributed by atoms with Gasteiger partial charge in [0, 0.05) is 28.2 Å². The second-order valence-electron chi connectivity index (χ2n) is 11.5. The normalized spacial score (nSPS) is 19.1. The summed E-state index contributed by atoms with van der Waals surface area (Å²) in [5, 5.41) is 23.0. The number of benzene rings is 2. The van der Waals surface area contributed by atoms with Crippen LogP contribution in [0.1, 0.15) is 124 Å². The Bertz CT molecular complexity index is 928. The predicted molar refractivity (Wildman–Crippen MR) is 146 cm³/mol. The van der Waals surface area contributed by atoms with E-state index in [-0.39, 0.29) is 16.7 Å². The van der Waals surface area contributed by atoms with Crippen LogP contribution < -0.4 is 0 Å². The molecule has 0 saturated heterocycles. The first kappa shape index (κ1) is 29.1. The fourth-order valence-corrected chi connectivity index (χ4v) is 6.56. The molecule has 2 aromatic rings. The first-order valence-corrected chi connectivity index (χ1v) is 19.5. The van der Waals surface area contributed by atoms with E-state index < -0.39 is 20.8 Å². The molecule has 0 aromatic heterocycles.